The molecule has 0 bridgehead atoms. The van der Waals surface area contributed by atoms with Crippen LogP contribution in [0.15, 0.2) is 29.2 Å². The van der Waals surface area contributed by atoms with Gasteiger partial charge in [-0.2, -0.15) is 0 Å². The second-order valence-corrected chi connectivity index (χ2v) is 5.94. The number of rotatable bonds is 3. The van der Waals surface area contributed by atoms with Gasteiger partial charge in [-0.15, -0.1) is 0 Å². The van der Waals surface area contributed by atoms with Crippen molar-refractivity contribution in [2.75, 3.05) is 0 Å². The van der Waals surface area contributed by atoms with Crippen molar-refractivity contribution >= 4 is 50.7 Å². The van der Waals surface area contributed by atoms with E-state index in [1.165, 1.54) is 24.3 Å². The first-order valence-electron chi connectivity index (χ1n) is 3.93. The largest absolute Gasteiger partial charge is 0.271 e. The van der Waals surface area contributed by atoms with Crippen LogP contribution in [0.25, 0.3) is 0 Å². The maximum absolute atomic E-state index is 11.6. The molecule has 1 rings (SSSR count). The molecule has 0 saturated heterocycles. The summed E-state index contributed by atoms with van der Waals surface area (Å²) in [6.07, 6.45) is 0. The van der Waals surface area contributed by atoms with Crippen LogP contribution in [0.5, 0.6) is 0 Å². The van der Waals surface area contributed by atoms with Crippen LogP contribution in [0.4, 0.5) is 0 Å². The molecule has 4 nitrogen and oxygen atoms in total. The van der Waals surface area contributed by atoms with Crippen LogP contribution in [0.1, 0.15) is 0 Å². The van der Waals surface area contributed by atoms with Crippen LogP contribution < -0.4 is 4.72 Å². The Balaban J connectivity index is 2.95. The van der Waals surface area contributed by atoms with Gasteiger partial charge >= 0.3 is 0 Å². The Kier molecular flexibility index (Phi) is 4.43. The van der Waals surface area contributed by atoms with E-state index in [1.807, 2.05) is 0 Å². The summed E-state index contributed by atoms with van der Waals surface area (Å²) < 4.78 is 24.8. The highest BCUT2D eigenvalue weighted by Gasteiger charge is 2.21. The summed E-state index contributed by atoms with van der Waals surface area (Å²) in [6.45, 7) is 0. The predicted molar refractivity (Wildman–Crippen MR) is 62.3 cm³/mol. The molecule has 8 heteroatoms. The number of benzene rings is 1. The van der Waals surface area contributed by atoms with Crippen molar-refractivity contribution < 1.29 is 13.2 Å². The topological polar surface area (TPSA) is 63.2 Å². The summed E-state index contributed by atoms with van der Waals surface area (Å²) in [4.78, 5) is 9.48. The highest BCUT2D eigenvalue weighted by atomic mass is 35.5. The van der Waals surface area contributed by atoms with Gasteiger partial charge in [-0.25, -0.2) is 13.1 Å². The van der Waals surface area contributed by atoms with Crippen molar-refractivity contribution in [3.05, 3.63) is 29.3 Å². The third kappa shape index (κ3) is 3.52. The molecule has 1 N–H and O–H groups in total. The van der Waals surface area contributed by atoms with E-state index in [9.17, 15) is 13.2 Å². The van der Waals surface area contributed by atoms with Gasteiger partial charge in [-0.1, -0.05) is 34.8 Å². The zero-order valence-electron chi connectivity index (χ0n) is 7.65. The van der Waals surface area contributed by atoms with E-state index in [-0.39, 0.29) is 4.90 Å². The fraction of sp³-hybridized carbons (Fsp3) is 0.125. The fourth-order valence-electron chi connectivity index (χ4n) is 0.850. The first-order chi connectivity index (χ1) is 7.33. The number of nitrogens with one attached hydrogen (secondary N) is 1. The second-order valence-electron chi connectivity index (χ2n) is 2.72. The Morgan fingerprint density at radius 3 is 2.12 bits per heavy atom. The molecule has 0 aliphatic heterocycles. The fourth-order valence-corrected chi connectivity index (χ4v) is 2.21. The summed E-state index contributed by atoms with van der Waals surface area (Å²) in [7, 11) is -3.95. The molecule has 0 unspecified atom stereocenters. The summed E-state index contributed by atoms with van der Waals surface area (Å²) in [6, 6.07) is 5.30. The minimum atomic E-state index is -3.95. The van der Waals surface area contributed by atoms with E-state index in [0.29, 0.717) is 5.02 Å². The highest BCUT2D eigenvalue weighted by Crippen LogP contribution is 2.14. The molecule has 0 aliphatic carbocycles. The van der Waals surface area contributed by atoms with Gasteiger partial charge in [0.25, 0.3) is 15.9 Å². The molecule has 0 heterocycles. The summed E-state index contributed by atoms with van der Waals surface area (Å²) in [5, 5.41) is 0.387. The molecule has 0 saturated carbocycles. The van der Waals surface area contributed by atoms with Gasteiger partial charge in [0.2, 0.25) is 0 Å². The highest BCUT2D eigenvalue weighted by molar-refractivity contribution is 7.90. The monoisotopic (exact) mass is 301 g/mol. The Labute approximate surface area is 108 Å². The van der Waals surface area contributed by atoms with Gasteiger partial charge in [-0.05, 0) is 24.3 Å². The molecule has 1 amide bonds. The standard InChI is InChI=1S/C8H6Cl3NO3S/c9-5-1-3-6(4-2-5)16(14,15)12-8(13)7(10)11/h1-4,7H,(H,12,13). The van der Waals surface area contributed by atoms with Crippen LogP contribution in [-0.2, 0) is 14.8 Å². The van der Waals surface area contributed by atoms with Gasteiger partial charge in [0.05, 0.1) is 4.90 Å². The number of halogens is 3. The third-order valence-electron chi connectivity index (χ3n) is 1.56. The smallest absolute Gasteiger partial charge is 0.266 e. The summed E-state index contributed by atoms with van der Waals surface area (Å²) >= 11 is 16.0. The van der Waals surface area contributed by atoms with Gasteiger partial charge in [-0.3, -0.25) is 4.79 Å². The van der Waals surface area contributed by atoms with Crippen molar-refractivity contribution in [1.29, 1.82) is 0 Å². The number of hydrogen-bond donors (Lipinski definition) is 1. The number of sulfonamides is 1. The Bertz CT molecular complexity index is 484. The molecule has 0 aromatic heterocycles. The number of amides is 1. The van der Waals surface area contributed by atoms with Crippen molar-refractivity contribution in [2.24, 2.45) is 0 Å². The lowest BCUT2D eigenvalue weighted by molar-refractivity contribution is -0.117. The molecule has 0 fully saturated rings. The van der Waals surface area contributed by atoms with Crippen molar-refractivity contribution in [3.8, 4) is 0 Å². The van der Waals surface area contributed by atoms with Gasteiger partial charge < -0.3 is 0 Å². The first-order valence-corrected chi connectivity index (χ1v) is 6.67. The molecule has 0 atom stereocenters. The SMILES string of the molecule is O=C(NS(=O)(=O)c1ccc(Cl)cc1)C(Cl)Cl. The van der Waals surface area contributed by atoms with E-state index in [1.54, 1.807) is 4.72 Å². The average Bonchev–Trinajstić information content (AvgIpc) is 2.17. The Morgan fingerprint density at radius 1 is 1.19 bits per heavy atom. The van der Waals surface area contributed by atoms with E-state index < -0.39 is 20.8 Å². The van der Waals surface area contributed by atoms with Gasteiger partial charge in [0.15, 0.2) is 4.84 Å². The lowest BCUT2D eigenvalue weighted by Gasteiger charge is -2.06. The van der Waals surface area contributed by atoms with Crippen molar-refractivity contribution in [3.63, 3.8) is 0 Å². The van der Waals surface area contributed by atoms with Crippen LogP contribution in [0.3, 0.4) is 0 Å². The molecular weight excluding hydrogens is 297 g/mol. The van der Waals surface area contributed by atoms with Gasteiger partial charge in [0, 0.05) is 5.02 Å². The minimum absolute atomic E-state index is 0.0979. The van der Waals surface area contributed by atoms with Crippen LogP contribution in [0, 0.1) is 0 Å². The normalized spacial score (nSPS) is 11.5. The van der Waals surface area contributed by atoms with E-state index in [0.717, 1.165) is 0 Å². The Morgan fingerprint density at radius 2 is 1.69 bits per heavy atom. The predicted octanol–water partition coefficient (Wildman–Crippen LogP) is 1.95. The zero-order chi connectivity index (χ0) is 12.3. The lowest BCUT2D eigenvalue weighted by atomic mass is 10.4. The average molecular weight is 303 g/mol. The molecule has 1 aromatic rings. The molecule has 0 spiro atoms. The third-order valence-corrected chi connectivity index (χ3v) is 3.57. The minimum Gasteiger partial charge on any atom is -0.271 e. The Hall–Kier alpha value is -0.490. The lowest BCUT2D eigenvalue weighted by Crippen LogP contribution is -2.34. The maximum atomic E-state index is 11.6. The van der Waals surface area contributed by atoms with Crippen LogP contribution >= 0.6 is 34.8 Å². The van der Waals surface area contributed by atoms with Crippen LogP contribution in [-0.4, -0.2) is 19.2 Å². The van der Waals surface area contributed by atoms with E-state index in [4.69, 9.17) is 34.8 Å². The molecule has 0 radical (unpaired) electrons. The number of hydrogen-bond acceptors (Lipinski definition) is 3. The van der Waals surface area contributed by atoms with Gasteiger partial charge in [0.1, 0.15) is 0 Å². The summed E-state index contributed by atoms with van der Waals surface area (Å²) in [5.41, 5.74) is 0. The van der Waals surface area contributed by atoms with E-state index >= 15 is 0 Å². The second kappa shape index (κ2) is 5.23. The molecule has 0 aliphatic rings. The van der Waals surface area contributed by atoms with Crippen LogP contribution in [0.2, 0.25) is 5.02 Å². The maximum Gasteiger partial charge on any atom is 0.266 e. The summed E-state index contributed by atoms with van der Waals surface area (Å²) in [5.74, 6) is -1.00. The molecule has 16 heavy (non-hydrogen) atoms. The zero-order valence-corrected chi connectivity index (χ0v) is 10.7. The number of carbonyl (C=O) groups excluding carboxylic acids is 1. The molecular formula is C8H6Cl3NO3S. The first kappa shape index (κ1) is 13.6. The number of carbonyl (C=O) groups is 1. The van der Waals surface area contributed by atoms with Crippen molar-refractivity contribution in [2.45, 2.75) is 9.73 Å². The quantitative estimate of drug-likeness (QED) is 0.868. The van der Waals surface area contributed by atoms with E-state index in [2.05, 4.69) is 0 Å². The molecule has 1 aromatic carbocycles. The number of alkyl halides is 2. The molecule has 88 valence electrons. The van der Waals surface area contributed by atoms with Crippen molar-refractivity contribution in [1.82, 2.24) is 4.72 Å².